The van der Waals surface area contributed by atoms with Crippen molar-refractivity contribution in [3.8, 4) is 44.8 Å². The van der Waals surface area contributed by atoms with Crippen molar-refractivity contribution in [3.05, 3.63) is 311 Å². The molecule has 4 nitrogen and oxygen atoms in total. The van der Waals surface area contributed by atoms with Crippen LogP contribution in [0.3, 0.4) is 0 Å². The molecule has 0 saturated heterocycles. The van der Waals surface area contributed by atoms with Crippen molar-refractivity contribution in [2.75, 3.05) is 9.80 Å². The fraction of sp³-hybridized carbons (Fsp3) is 0.248. The van der Waals surface area contributed by atoms with E-state index in [-0.39, 0.29) is 21.7 Å². The molecule has 0 spiro atoms. The summed E-state index contributed by atoms with van der Waals surface area (Å²) >= 11 is 0. The van der Waals surface area contributed by atoms with Gasteiger partial charge in [0.15, 0.2) is 0 Å². The molecule has 15 aromatic rings. The first-order chi connectivity index (χ1) is 50.2. The van der Waals surface area contributed by atoms with Crippen molar-refractivity contribution in [2.45, 2.75) is 164 Å². The number of hydrogen-bond acceptors (Lipinski definition) is 2. The molecule has 105 heavy (non-hydrogen) atoms. The van der Waals surface area contributed by atoms with Crippen LogP contribution in [0.2, 0.25) is 0 Å². The molecule has 0 saturated carbocycles. The molecule has 2 aromatic heterocycles. The van der Waals surface area contributed by atoms with Gasteiger partial charge in [0.2, 0.25) is 0 Å². The van der Waals surface area contributed by atoms with Gasteiger partial charge >= 0.3 is 0 Å². The summed E-state index contributed by atoms with van der Waals surface area (Å²) in [5.74, 6) is 0. The molecule has 0 aliphatic heterocycles. The van der Waals surface area contributed by atoms with E-state index in [1.807, 2.05) is 0 Å². The summed E-state index contributed by atoms with van der Waals surface area (Å²) in [4.78, 5) is 5.03. The van der Waals surface area contributed by atoms with E-state index in [4.69, 9.17) is 0 Å². The number of anilines is 6. The lowest BCUT2D eigenvalue weighted by Gasteiger charge is -2.30. The van der Waals surface area contributed by atoms with Crippen LogP contribution in [0.4, 0.5) is 34.1 Å². The highest BCUT2D eigenvalue weighted by Gasteiger charge is 2.39. The van der Waals surface area contributed by atoms with Gasteiger partial charge in [-0.1, -0.05) is 263 Å². The van der Waals surface area contributed by atoms with Crippen LogP contribution in [0, 0.1) is 0 Å². The van der Waals surface area contributed by atoms with Crippen molar-refractivity contribution in [1.29, 1.82) is 0 Å². The first-order valence-corrected chi connectivity index (χ1v) is 38.3. The van der Waals surface area contributed by atoms with Gasteiger partial charge in [-0.15, -0.1) is 0 Å². The van der Waals surface area contributed by atoms with E-state index in [1.165, 1.54) is 132 Å². The molecule has 0 bridgehead atoms. The summed E-state index contributed by atoms with van der Waals surface area (Å²) in [5, 5.41) is 7.55. The van der Waals surface area contributed by atoms with Crippen LogP contribution in [-0.2, 0) is 39.9 Å². The lowest BCUT2D eigenvalue weighted by Crippen LogP contribution is -2.18. The second-order valence-corrected chi connectivity index (χ2v) is 34.5. The van der Waals surface area contributed by atoms with Gasteiger partial charge < -0.3 is 18.9 Å². The van der Waals surface area contributed by atoms with Gasteiger partial charge in [0.25, 0.3) is 0 Å². The van der Waals surface area contributed by atoms with Gasteiger partial charge in [-0.05, 0) is 245 Å². The van der Waals surface area contributed by atoms with E-state index in [1.54, 1.807) is 0 Å². The van der Waals surface area contributed by atoms with Crippen LogP contribution < -0.4 is 9.80 Å². The average molecular weight is 1370 g/mol. The fourth-order valence-corrected chi connectivity index (χ4v) is 16.7. The third-order valence-electron chi connectivity index (χ3n) is 22.7. The maximum Gasteiger partial charge on any atom is 0.0543 e. The molecular weight excluding hydrogens is 1270 g/mol. The van der Waals surface area contributed by atoms with E-state index >= 15 is 0 Å². The third-order valence-corrected chi connectivity index (χ3v) is 22.7. The zero-order valence-corrected chi connectivity index (χ0v) is 64.5. The topological polar surface area (TPSA) is 16.3 Å². The van der Waals surface area contributed by atoms with Crippen molar-refractivity contribution in [2.24, 2.45) is 0 Å². The zero-order chi connectivity index (χ0) is 73.2. The van der Waals surface area contributed by atoms with Gasteiger partial charge in [0, 0.05) is 72.2 Å². The van der Waals surface area contributed by atoms with E-state index in [2.05, 4.69) is 397 Å². The van der Waals surface area contributed by atoms with Crippen LogP contribution in [0.25, 0.3) is 99.1 Å². The molecule has 524 valence electrons. The predicted molar refractivity (Wildman–Crippen MR) is 453 cm³/mol. The van der Waals surface area contributed by atoms with Crippen LogP contribution in [0.5, 0.6) is 0 Å². The Kier molecular flexibility index (Phi) is 16.9. The minimum absolute atomic E-state index is 0.00704. The van der Waals surface area contributed by atoms with E-state index in [0.29, 0.717) is 0 Å². The Balaban J connectivity index is 0.861. The highest BCUT2D eigenvalue weighted by molar-refractivity contribution is 6.13. The van der Waals surface area contributed by atoms with Gasteiger partial charge in [-0.2, -0.15) is 0 Å². The maximum absolute atomic E-state index is 2.54. The van der Waals surface area contributed by atoms with E-state index in [9.17, 15) is 0 Å². The molecule has 16 rings (SSSR count). The molecule has 0 radical (unpaired) electrons. The Morgan fingerprint density at radius 2 is 0.648 bits per heavy atom. The van der Waals surface area contributed by atoms with Crippen molar-refractivity contribution in [1.82, 2.24) is 9.13 Å². The number of nitrogens with zero attached hydrogens (tertiary/aromatic N) is 4. The molecule has 1 aliphatic rings. The number of hydrogen-bond donors (Lipinski definition) is 0. The van der Waals surface area contributed by atoms with Crippen LogP contribution in [0.15, 0.2) is 267 Å². The molecular formula is C101H100N4. The number of rotatable bonds is 14. The predicted octanol–water partition coefficient (Wildman–Crippen LogP) is 28.7. The first-order valence-electron chi connectivity index (χ1n) is 38.3. The normalized spacial score (nSPS) is 13.2. The number of aryl methyl sites for hydroxylation is 2. The standard InChI is InChI=1S/C101H100N4/c1-17-23-65-31-35-67(36-32-65)69-39-47-75(48-40-69)102(77-25-21-27-79(61-77)104-91-53-43-71(97(3,4)5)57-85(91)86-58-72(98(6,7)8)44-54-92(86)104)81-51-52-84-89(63-81)101(15,16)90-64-95(82-29-19-20-30-83(82)96(84)90)103(76-49-41-70(42-50-76)68-37-33-66(24-18-2)34-38-68)78-26-22-28-80(62-78)105-93-55-45-73(99(9,10)11)59-87(93)88-60-74(100(12,13)14)46-56-94(88)105/h19-22,25-64H,17-18,23-24H2,1-16H3. The van der Waals surface area contributed by atoms with Gasteiger partial charge in [0.1, 0.15) is 0 Å². The average Bonchev–Trinajstić information content (AvgIpc) is 1.57. The van der Waals surface area contributed by atoms with E-state index < -0.39 is 5.41 Å². The summed E-state index contributed by atoms with van der Waals surface area (Å²) in [5.41, 5.74) is 31.2. The highest BCUT2D eigenvalue weighted by Crippen LogP contribution is 2.57. The van der Waals surface area contributed by atoms with Crippen molar-refractivity contribution < 1.29 is 0 Å². The summed E-state index contributed by atoms with van der Waals surface area (Å²) in [6.07, 6.45) is 4.42. The summed E-state index contributed by atoms with van der Waals surface area (Å²) < 4.78 is 5.00. The molecule has 0 fully saturated rings. The number of benzene rings is 13. The summed E-state index contributed by atoms with van der Waals surface area (Å²) in [6, 6.07) is 103. The first kappa shape index (κ1) is 68.7. The molecule has 4 heteroatoms. The molecule has 1 aliphatic carbocycles. The van der Waals surface area contributed by atoms with Crippen molar-refractivity contribution in [3.63, 3.8) is 0 Å². The second kappa shape index (κ2) is 25.9. The SMILES string of the molecule is CCCc1ccc(-c2ccc(N(c3cccc(-n4c5ccc(C(C)(C)C)cc5c5cc(C(C)(C)C)ccc54)c3)c3ccc4c(c3)C(C)(C)c3cc(N(c5ccc(-c6ccc(CCC)cc6)cc5)c5cccc(-n6c7ccc(C(C)(C)C)cc7c7cc(C(C)(C)C)ccc76)c5)c5ccccc5c3-4)cc2)cc1. The lowest BCUT2D eigenvalue weighted by atomic mass is 9.81. The molecule has 2 heterocycles. The lowest BCUT2D eigenvalue weighted by molar-refractivity contribution is 0.590. The maximum atomic E-state index is 2.54. The zero-order valence-electron chi connectivity index (χ0n) is 64.5. The van der Waals surface area contributed by atoms with Crippen LogP contribution >= 0.6 is 0 Å². The van der Waals surface area contributed by atoms with Gasteiger partial charge in [-0.3, -0.25) is 0 Å². The molecule has 0 amide bonds. The Labute approximate surface area is 623 Å². The number of aromatic nitrogens is 2. The van der Waals surface area contributed by atoms with E-state index in [0.717, 1.165) is 71.2 Å². The van der Waals surface area contributed by atoms with Crippen LogP contribution in [0.1, 0.15) is 168 Å². The van der Waals surface area contributed by atoms with Gasteiger partial charge in [-0.25, -0.2) is 0 Å². The fourth-order valence-electron chi connectivity index (χ4n) is 16.7. The van der Waals surface area contributed by atoms with Gasteiger partial charge in [0.05, 0.1) is 27.8 Å². The quantitative estimate of drug-likeness (QED) is 0.108. The Morgan fingerprint density at radius 1 is 0.295 bits per heavy atom. The second-order valence-electron chi connectivity index (χ2n) is 34.5. The monoisotopic (exact) mass is 1370 g/mol. The molecule has 0 unspecified atom stereocenters. The third kappa shape index (κ3) is 12.3. The molecule has 0 N–H and O–H groups in total. The molecule has 13 aromatic carbocycles. The van der Waals surface area contributed by atoms with Crippen LogP contribution in [-0.4, -0.2) is 9.13 Å². The minimum Gasteiger partial charge on any atom is -0.310 e. The van der Waals surface area contributed by atoms with Crippen molar-refractivity contribution >= 4 is 88.5 Å². The smallest absolute Gasteiger partial charge is 0.0543 e. The number of fused-ring (bicyclic) bond motifs is 11. The Bertz CT molecular complexity index is 5700. The minimum atomic E-state index is -0.427. The Morgan fingerprint density at radius 3 is 1.04 bits per heavy atom. The molecule has 0 atom stereocenters. The summed E-state index contributed by atoms with van der Waals surface area (Å²) in [7, 11) is 0. The Hall–Kier alpha value is -10.7. The largest absolute Gasteiger partial charge is 0.310 e. The summed E-state index contributed by atoms with van der Waals surface area (Å²) in [6.45, 7) is 37.3. The highest BCUT2D eigenvalue weighted by atomic mass is 15.2.